The van der Waals surface area contributed by atoms with Gasteiger partial charge in [0.05, 0.1) is 18.9 Å². The maximum Gasteiger partial charge on any atom is 0.0799 e. The Balaban J connectivity index is 1.36. The number of hydrogen-bond donors (Lipinski definition) is 1. The van der Waals surface area contributed by atoms with Crippen LogP contribution in [-0.4, -0.2) is 65.2 Å². The lowest BCUT2D eigenvalue weighted by Crippen LogP contribution is -2.37. The number of aromatic nitrogens is 2. The van der Waals surface area contributed by atoms with Crippen molar-refractivity contribution in [3.63, 3.8) is 0 Å². The lowest BCUT2D eigenvalue weighted by molar-refractivity contribution is 0.0337. The van der Waals surface area contributed by atoms with Gasteiger partial charge in [0.15, 0.2) is 0 Å². The molecule has 32 heavy (non-hydrogen) atoms. The van der Waals surface area contributed by atoms with E-state index in [9.17, 15) is 0 Å². The number of piperidine rings is 1. The Bertz CT molecular complexity index is 1040. The molecule has 0 radical (unpaired) electrons. The number of nitrogens with zero attached hydrogens (tertiary/aromatic N) is 3. The summed E-state index contributed by atoms with van der Waals surface area (Å²) in [6.07, 6.45) is 2.51. The van der Waals surface area contributed by atoms with Gasteiger partial charge in [-0.25, -0.2) is 0 Å². The quantitative estimate of drug-likeness (QED) is 0.619. The van der Waals surface area contributed by atoms with E-state index in [-0.39, 0.29) is 0 Å². The number of aryl methyl sites for hydroxylation is 1. The second-order valence-electron chi connectivity index (χ2n) is 9.78. The van der Waals surface area contributed by atoms with E-state index in [1.807, 2.05) is 0 Å². The van der Waals surface area contributed by atoms with E-state index < -0.39 is 0 Å². The number of hydrogen-bond acceptors (Lipinski definition) is 4. The van der Waals surface area contributed by atoms with Crippen molar-refractivity contribution in [2.75, 3.05) is 39.4 Å². The molecule has 2 fully saturated rings. The minimum absolute atomic E-state index is 0.655. The van der Waals surface area contributed by atoms with Crippen molar-refractivity contribution < 1.29 is 4.74 Å². The normalized spacial score (nSPS) is 19.2. The predicted molar refractivity (Wildman–Crippen MR) is 131 cm³/mol. The first-order chi connectivity index (χ1) is 15.6. The molecule has 4 heterocycles. The topological polar surface area (TPSA) is 44.4 Å². The summed E-state index contributed by atoms with van der Waals surface area (Å²) in [4.78, 5) is 13.6. The summed E-state index contributed by atoms with van der Waals surface area (Å²) in [5.41, 5.74) is 7.26. The molecule has 1 N–H and O–H groups in total. The fourth-order valence-corrected chi connectivity index (χ4v) is 5.28. The van der Waals surface area contributed by atoms with E-state index in [1.165, 1.54) is 53.7 Å². The fourth-order valence-electron chi connectivity index (χ4n) is 5.28. The third-order valence-corrected chi connectivity index (χ3v) is 7.21. The molecule has 0 spiro atoms. The first kappa shape index (κ1) is 21.6. The summed E-state index contributed by atoms with van der Waals surface area (Å²) in [6, 6.07) is 14.3. The maximum absolute atomic E-state index is 5.49. The van der Waals surface area contributed by atoms with Crippen molar-refractivity contribution in [3.05, 3.63) is 53.3 Å². The summed E-state index contributed by atoms with van der Waals surface area (Å²) in [6.45, 7) is 13.7. The minimum atomic E-state index is 0.655. The highest BCUT2D eigenvalue weighted by atomic mass is 16.5. The van der Waals surface area contributed by atoms with Crippen LogP contribution in [0.3, 0.4) is 0 Å². The molecule has 0 bridgehead atoms. The molecule has 3 aromatic rings. The zero-order valence-corrected chi connectivity index (χ0v) is 19.7. The molecule has 5 rings (SSSR count). The molecule has 0 amide bonds. The lowest BCUT2D eigenvalue weighted by atomic mass is 9.88. The van der Waals surface area contributed by atoms with Crippen LogP contribution >= 0.6 is 0 Å². The molecule has 5 heteroatoms. The minimum Gasteiger partial charge on any atom is -0.379 e. The highest BCUT2D eigenvalue weighted by molar-refractivity contribution is 5.93. The number of morpholine rings is 1. The Kier molecular flexibility index (Phi) is 6.31. The smallest absolute Gasteiger partial charge is 0.0799 e. The molecule has 2 saturated heterocycles. The van der Waals surface area contributed by atoms with Crippen molar-refractivity contribution in [1.82, 2.24) is 19.8 Å². The van der Waals surface area contributed by atoms with E-state index in [2.05, 4.69) is 72.0 Å². The van der Waals surface area contributed by atoms with Gasteiger partial charge in [-0.3, -0.25) is 9.88 Å². The van der Waals surface area contributed by atoms with Crippen molar-refractivity contribution in [3.8, 4) is 11.3 Å². The van der Waals surface area contributed by atoms with Crippen LogP contribution in [0.25, 0.3) is 22.2 Å². The third kappa shape index (κ3) is 4.61. The Morgan fingerprint density at radius 3 is 2.44 bits per heavy atom. The number of likely N-dealkylation sites (tertiary alicyclic amines) is 1. The van der Waals surface area contributed by atoms with Crippen LogP contribution < -0.4 is 0 Å². The third-order valence-electron chi connectivity index (χ3n) is 7.21. The number of pyridine rings is 1. The Labute approximate surface area is 191 Å². The molecule has 5 nitrogen and oxygen atoms in total. The van der Waals surface area contributed by atoms with Crippen LogP contribution in [0.5, 0.6) is 0 Å². The highest BCUT2D eigenvalue weighted by Crippen LogP contribution is 2.33. The summed E-state index contributed by atoms with van der Waals surface area (Å²) in [5, 5.41) is 1.22. The van der Waals surface area contributed by atoms with E-state index in [0.29, 0.717) is 12.0 Å². The van der Waals surface area contributed by atoms with E-state index >= 15 is 0 Å². The number of benzene rings is 1. The summed E-state index contributed by atoms with van der Waals surface area (Å²) in [5.74, 6) is 0.678. The molecule has 1 aromatic carbocycles. The van der Waals surface area contributed by atoms with Gasteiger partial charge in [0.25, 0.3) is 0 Å². The molecular weight excluding hydrogens is 396 g/mol. The van der Waals surface area contributed by atoms with Gasteiger partial charge in [-0.2, -0.15) is 0 Å². The van der Waals surface area contributed by atoms with Crippen LogP contribution in [0.15, 0.2) is 36.4 Å². The van der Waals surface area contributed by atoms with Crippen molar-refractivity contribution >= 4 is 10.9 Å². The maximum atomic E-state index is 5.49. The summed E-state index contributed by atoms with van der Waals surface area (Å²) in [7, 11) is 0. The van der Waals surface area contributed by atoms with Gasteiger partial charge in [-0.1, -0.05) is 24.3 Å². The lowest BCUT2D eigenvalue weighted by Gasteiger charge is -2.34. The molecule has 0 unspecified atom stereocenters. The van der Waals surface area contributed by atoms with Crippen molar-refractivity contribution in [1.29, 1.82) is 0 Å². The van der Waals surface area contributed by atoms with Crippen LogP contribution in [0.2, 0.25) is 0 Å². The standard InChI is InChI=1S/C27H36N4O/c1-19(2)31-10-8-22(9-11-31)21-4-6-23(7-5-21)27-25-17-24(18-30-12-14-32-15-13-30)29-26(25)16-20(3)28-27/h4-7,16-17,19,22,29H,8-15,18H2,1-3H3. The zero-order chi connectivity index (χ0) is 22.1. The Morgan fingerprint density at radius 2 is 1.75 bits per heavy atom. The first-order valence-corrected chi connectivity index (χ1v) is 12.2. The SMILES string of the molecule is Cc1cc2[nH]c(CN3CCOCC3)cc2c(-c2ccc(C3CCN(C(C)C)CC3)cc2)n1. The Hall–Kier alpha value is -2.21. The molecular formula is C27H36N4O. The molecule has 0 aliphatic carbocycles. The van der Waals surface area contributed by atoms with Gasteiger partial charge in [-0.15, -0.1) is 0 Å². The van der Waals surface area contributed by atoms with Crippen molar-refractivity contribution in [2.45, 2.75) is 52.1 Å². The molecule has 0 atom stereocenters. The predicted octanol–water partition coefficient (Wildman–Crippen LogP) is 4.96. The summed E-state index contributed by atoms with van der Waals surface area (Å²) >= 11 is 0. The van der Waals surface area contributed by atoms with Gasteiger partial charge < -0.3 is 14.6 Å². The number of fused-ring (bicyclic) bond motifs is 1. The highest BCUT2D eigenvalue weighted by Gasteiger charge is 2.22. The van der Waals surface area contributed by atoms with Gasteiger partial charge in [0.1, 0.15) is 0 Å². The number of H-pyrrole nitrogens is 1. The van der Waals surface area contributed by atoms with Gasteiger partial charge in [-0.05, 0) is 70.3 Å². The fraction of sp³-hybridized carbons (Fsp3) is 0.519. The molecule has 2 aliphatic rings. The molecule has 2 aliphatic heterocycles. The van der Waals surface area contributed by atoms with Gasteiger partial charge in [0, 0.05) is 53.5 Å². The first-order valence-electron chi connectivity index (χ1n) is 12.2. The van der Waals surface area contributed by atoms with E-state index in [1.54, 1.807) is 0 Å². The zero-order valence-electron chi connectivity index (χ0n) is 19.7. The largest absolute Gasteiger partial charge is 0.379 e. The number of nitrogens with one attached hydrogen (secondary N) is 1. The van der Waals surface area contributed by atoms with Gasteiger partial charge in [0.2, 0.25) is 0 Å². The second kappa shape index (κ2) is 9.34. The Morgan fingerprint density at radius 1 is 1.03 bits per heavy atom. The van der Waals surface area contributed by atoms with Crippen LogP contribution in [0.1, 0.15) is 49.6 Å². The number of aromatic amines is 1. The average Bonchev–Trinajstić information content (AvgIpc) is 3.21. The van der Waals surface area contributed by atoms with E-state index in [0.717, 1.165) is 44.2 Å². The molecule has 0 saturated carbocycles. The van der Waals surface area contributed by atoms with Crippen LogP contribution in [0.4, 0.5) is 0 Å². The van der Waals surface area contributed by atoms with E-state index in [4.69, 9.17) is 9.72 Å². The number of rotatable bonds is 5. The molecule has 170 valence electrons. The second-order valence-corrected chi connectivity index (χ2v) is 9.78. The van der Waals surface area contributed by atoms with Crippen molar-refractivity contribution in [2.24, 2.45) is 0 Å². The monoisotopic (exact) mass is 432 g/mol. The van der Waals surface area contributed by atoms with Crippen LogP contribution in [0, 0.1) is 6.92 Å². The van der Waals surface area contributed by atoms with Crippen LogP contribution in [-0.2, 0) is 11.3 Å². The number of ether oxygens (including phenoxy) is 1. The average molecular weight is 433 g/mol. The molecule has 2 aromatic heterocycles. The summed E-state index contributed by atoms with van der Waals surface area (Å²) < 4.78 is 5.49. The van der Waals surface area contributed by atoms with Gasteiger partial charge >= 0.3 is 0 Å².